The topological polar surface area (TPSA) is 88.5 Å². The van der Waals surface area contributed by atoms with E-state index in [0.29, 0.717) is 44.1 Å². The summed E-state index contributed by atoms with van der Waals surface area (Å²) >= 11 is 0. The molecule has 1 N–H and O–H groups in total. The normalized spacial score (nSPS) is 19.6. The lowest BCUT2D eigenvalue weighted by Crippen LogP contribution is -2.38. The number of carbonyl (C=O) groups is 2. The fourth-order valence-electron chi connectivity index (χ4n) is 4.96. The van der Waals surface area contributed by atoms with Crippen LogP contribution < -0.4 is 9.47 Å². The summed E-state index contributed by atoms with van der Waals surface area (Å²) in [5.74, 6) is -0.192. The minimum absolute atomic E-state index is 0.0891. The number of rotatable bonds is 12. The number of hydrogen-bond donors (Lipinski definition) is 1. The minimum Gasteiger partial charge on any atom is -0.507 e. The molecule has 1 amide bonds. The predicted octanol–water partition coefficient (Wildman–Crippen LogP) is 4.41. The number of nitrogens with zero attached hydrogens (tertiary/aromatic N) is 2. The smallest absolute Gasteiger partial charge is 0.295 e. The second-order valence-corrected chi connectivity index (χ2v) is 9.66. The van der Waals surface area contributed by atoms with Crippen LogP contribution in [0.4, 0.5) is 0 Å². The van der Waals surface area contributed by atoms with E-state index >= 15 is 0 Å². The molecule has 0 radical (unpaired) electrons. The van der Waals surface area contributed by atoms with Crippen LogP contribution in [-0.4, -0.2) is 79.7 Å². The van der Waals surface area contributed by atoms with Crippen LogP contribution in [0.2, 0.25) is 0 Å². The Kier molecular flexibility index (Phi) is 9.79. The van der Waals surface area contributed by atoms with Gasteiger partial charge in [-0.25, -0.2) is 0 Å². The number of Topliss-reactive ketones (excluding diaryl/α,β-unsaturated/α-hetero) is 1. The van der Waals surface area contributed by atoms with E-state index in [2.05, 4.69) is 11.8 Å². The summed E-state index contributed by atoms with van der Waals surface area (Å²) in [5, 5.41) is 11.3. The maximum Gasteiger partial charge on any atom is 0.295 e. The van der Waals surface area contributed by atoms with Crippen molar-refractivity contribution >= 4 is 17.4 Å². The Balaban J connectivity index is 1.62. The Morgan fingerprint density at radius 3 is 2.47 bits per heavy atom. The quantitative estimate of drug-likeness (QED) is 0.191. The third-order valence-electron chi connectivity index (χ3n) is 7.07. The number of amides is 1. The summed E-state index contributed by atoms with van der Waals surface area (Å²) < 4.78 is 16.6. The molecule has 2 aromatic rings. The molecule has 4 rings (SSSR count). The molecule has 1 unspecified atom stereocenters. The van der Waals surface area contributed by atoms with Gasteiger partial charge in [-0.1, -0.05) is 44.0 Å². The van der Waals surface area contributed by atoms with Gasteiger partial charge in [0.2, 0.25) is 0 Å². The van der Waals surface area contributed by atoms with Gasteiger partial charge in [-0.15, -0.1) is 0 Å². The Morgan fingerprint density at radius 1 is 1.00 bits per heavy atom. The maximum atomic E-state index is 13.3. The molecule has 1 atom stereocenters. The SMILES string of the molecule is CCCCCOc1ccc(C2/C(=C(\O)c3cccc(OC)c3)C(=O)C(=O)N2CCCN2CCOCC2)cc1. The number of likely N-dealkylation sites (tertiary alicyclic amines) is 1. The van der Waals surface area contributed by atoms with Crippen molar-refractivity contribution in [3.8, 4) is 11.5 Å². The number of aliphatic hydroxyl groups is 1. The standard InChI is InChI=1S/C30H38N2O6/c1-3-4-5-18-38-24-12-10-22(11-13-24)27-26(28(33)23-8-6-9-25(21-23)36-2)29(34)30(35)32(27)15-7-14-31-16-19-37-20-17-31/h6,8-13,21,27,33H,3-5,7,14-20H2,1-2H3/b28-26+. The highest BCUT2D eigenvalue weighted by Gasteiger charge is 2.45. The number of hydrogen-bond acceptors (Lipinski definition) is 7. The van der Waals surface area contributed by atoms with Gasteiger partial charge in [0.1, 0.15) is 17.3 Å². The van der Waals surface area contributed by atoms with Crippen LogP contribution >= 0.6 is 0 Å². The van der Waals surface area contributed by atoms with Crippen LogP contribution in [0.1, 0.15) is 49.8 Å². The molecule has 0 aliphatic carbocycles. The second kappa shape index (κ2) is 13.4. The molecule has 0 saturated carbocycles. The molecular weight excluding hydrogens is 484 g/mol. The van der Waals surface area contributed by atoms with Gasteiger partial charge in [-0.05, 0) is 42.7 Å². The van der Waals surface area contributed by atoms with Crippen LogP contribution in [0.15, 0.2) is 54.1 Å². The van der Waals surface area contributed by atoms with Crippen LogP contribution in [0.5, 0.6) is 11.5 Å². The summed E-state index contributed by atoms with van der Waals surface area (Å²) in [6, 6.07) is 13.6. The molecule has 2 aliphatic rings. The molecule has 0 spiro atoms. The highest BCUT2D eigenvalue weighted by Crippen LogP contribution is 2.40. The fourth-order valence-corrected chi connectivity index (χ4v) is 4.96. The van der Waals surface area contributed by atoms with Crippen molar-refractivity contribution in [2.75, 3.05) is 53.1 Å². The lowest BCUT2D eigenvalue weighted by atomic mass is 9.95. The molecule has 0 bridgehead atoms. The minimum atomic E-state index is -0.694. The van der Waals surface area contributed by atoms with Crippen molar-refractivity contribution in [3.63, 3.8) is 0 Å². The number of aliphatic hydroxyl groups excluding tert-OH is 1. The largest absolute Gasteiger partial charge is 0.507 e. The predicted molar refractivity (Wildman–Crippen MR) is 145 cm³/mol. The molecule has 2 aliphatic heterocycles. The van der Waals surface area contributed by atoms with Gasteiger partial charge < -0.3 is 24.2 Å². The summed E-state index contributed by atoms with van der Waals surface area (Å²) in [5.41, 5.74) is 1.27. The van der Waals surface area contributed by atoms with E-state index in [-0.39, 0.29) is 11.3 Å². The van der Waals surface area contributed by atoms with E-state index in [1.807, 2.05) is 24.3 Å². The van der Waals surface area contributed by atoms with Crippen molar-refractivity contribution in [2.45, 2.75) is 38.6 Å². The highest BCUT2D eigenvalue weighted by molar-refractivity contribution is 6.46. The van der Waals surface area contributed by atoms with Gasteiger partial charge in [0.05, 0.1) is 38.5 Å². The van der Waals surface area contributed by atoms with Gasteiger partial charge in [0.25, 0.3) is 11.7 Å². The number of carbonyl (C=O) groups excluding carboxylic acids is 2. The number of unbranched alkanes of at least 4 members (excludes halogenated alkanes) is 2. The number of methoxy groups -OCH3 is 1. The van der Waals surface area contributed by atoms with E-state index in [1.165, 1.54) is 0 Å². The number of ketones is 1. The Labute approximate surface area is 224 Å². The monoisotopic (exact) mass is 522 g/mol. The van der Waals surface area contributed by atoms with Gasteiger partial charge in [0, 0.05) is 31.7 Å². The summed E-state index contributed by atoms with van der Waals surface area (Å²) in [7, 11) is 1.54. The Hall–Kier alpha value is -3.36. The molecular formula is C30H38N2O6. The van der Waals surface area contributed by atoms with Crippen LogP contribution in [-0.2, 0) is 14.3 Å². The van der Waals surface area contributed by atoms with Crippen molar-refractivity contribution in [3.05, 3.63) is 65.2 Å². The summed E-state index contributed by atoms with van der Waals surface area (Å²) in [6.07, 6.45) is 3.93. The van der Waals surface area contributed by atoms with Crippen molar-refractivity contribution in [1.29, 1.82) is 0 Å². The first-order valence-electron chi connectivity index (χ1n) is 13.5. The number of benzene rings is 2. The third kappa shape index (κ3) is 6.55. The molecule has 2 aromatic carbocycles. The first kappa shape index (κ1) is 27.7. The van der Waals surface area contributed by atoms with E-state index in [9.17, 15) is 14.7 Å². The molecule has 0 aromatic heterocycles. The van der Waals surface area contributed by atoms with E-state index < -0.39 is 17.7 Å². The average molecular weight is 523 g/mol. The van der Waals surface area contributed by atoms with E-state index in [4.69, 9.17) is 14.2 Å². The van der Waals surface area contributed by atoms with Crippen molar-refractivity contribution in [1.82, 2.24) is 9.80 Å². The van der Waals surface area contributed by atoms with Crippen LogP contribution in [0.25, 0.3) is 5.76 Å². The zero-order valence-corrected chi connectivity index (χ0v) is 22.4. The average Bonchev–Trinajstić information content (AvgIpc) is 3.21. The Bertz CT molecular complexity index is 1120. The second-order valence-electron chi connectivity index (χ2n) is 9.66. The lowest BCUT2D eigenvalue weighted by Gasteiger charge is -2.29. The molecule has 2 heterocycles. The third-order valence-corrected chi connectivity index (χ3v) is 7.07. The molecule has 2 fully saturated rings. The first-order valence-corrected chi connectivity index (χ1v) is 13.5. The molecule has 8 nitrogen and oxygen atoms in total. The maximum absolute atomic E-state index is 13.3. The van der Waals surface area contributed by atoms with Crippen molar-refractivity contribution < 1.29 is 28.9 Å². The van der Waals surface area contributed by atoms with Crippen molar-refractivity contribution in [2.24, 2.45) is 0 Å². The van der Waals surface area contributed by atoms with Gasteiger partial charge >= 0.3 is 0 Å². The van der Waals surface area contributed by atoms with Crippen LogP contribution in [0.3, 0.4) is 0 Å². The van der Waals surface area contributed by atoms with Gasteiger partial charge in [-0.3, -0.25) is 14.5 Å². The summed E-state index contributed by atoms with van der Waals surface area (Å²) in [6.45, 7) is 7.13. The fraction of sp³-hybridized carbons (Fsp3) is 0.467. The van der Waals surface area contributed by atoms with Gasteiger partial charge in [-0.2, -0.15) is 0 Å². The van der Waals surface area contributed by atoms with E-state index in [0.717, 1.165) is 50.2 Å². The van der Waals surface area contributed by atoms with Crippen LogP contribution in [0, 0.1) is 0 Å². The zero-order valence-electron chi connectivity index (χ0n) is 22.4. The molecule has 8 heteroatoms. The first-order chi connectivity index (χ1) is 18.5. The van der Waals surface area contributed by atoms with Gasteiger partial charge in [0.15, 0.2) is 0 Å². The number of morpholine rings is 1. The lowest BCUT2D eigenvalue weighted by molar-refractivity contribution is -0.140. The zero-order chi connectivity index (χ0) is 26.9. The highest BCUT2D eigenvalue weighted by atomic mass is 16.5. The molecule has 2 saturated heterocycles. The number of ether oxygens (including phenoxy) is 3. The molecule has 204 valence electrons. The van der Waals surface area contributed by atoms with E-state index in [1.54, 1.807) is 36.3 Å². The Morgan fingerprint density at radius 2 is 1.76 bits per heavy atom. The summed E-state index contributed by atoms with van der Waals surface area (Å²) in [4.78, 5) is 30.5. The molecule has 38 heavy (non-hydrogen) atoms.